The van der Waals surface area contributed by atoms with Crippen LogP contribution in [0.4, 0.5) is 5.95 Å². The number of fused-ring (bicyclic) bond motifs is 5. The Hall–Kier alpha value is -3.44. The molecule has 3 aromatic heterocycles. The zero-order chi connectivity index (χ0) is 18.5. The summed E-state index contributed by atoms with van der Waals surface area (Å²) >= 11 is 0. The summed E-state index contributed by atoms with van der Waals surface area (Å²) in [7, 11) is 1.85. The van der Waals surface area contributed by atoms with Crippen LogP contribution < -0.4 is 10.3 Å². The lowest BCUT2D eigenvalue weighted by atomic mass is 10.2. The molecule has 0 unspecified atom stereocenters. The van der Waals surface area contributed by atoms with Gasteiger partial charge in [-0.1, -0.05) is 12.1 Å². The minimum absolute atomic E-state index is 0.0906. The van der Waals surface area contributed by atoms with E-state index in [0.717, 1.165) is 11.0 Å². The molecule has 0 bridgehead atoms. The monoisotopic (exact) mass is 360 g/mol. The van der Waals surface area contributed by atoms with Gasteiger partial charge in [-0.25, -0.2) is 9.97 Å². The predicted molar refractivity (Wildman–Crippen MR) is 101 cm³/mol. The zero-order valence-electron chi connectivity index (χ0n) is 14.7. The Labute approximate surface area is 153 Å². The molecule has 4 aromatic rings. The molecule has 27 heavy (non-hydrogen) atoms. The van der Waals surface area contributed by atoms with Gasteiger partial charge in [-0.2, -0.15) is 5.26 Å². The van der Waals surface area contributed by atoms with E-state index < -0.39 is 0 Å². The molecule has 1 aromatic carbocycles. The Morgan fingerprint density at radius 3 is 2.63 bits per heavy atom. The van der Waals surface area contributed by atoms with E-state index in [-0.39, 0.29) is 16.5 Å². The number of nitriles is 1. The number of ether oxygens (including phenoxy) is 1. The van der Waals surface area contributed by atoms with Gasteiger partial charge in [0, 0.05) is 20.1 Å². The van der Waals surface area contributed by atoms with E-state index in [2.05, 4.69) is 16.0 Å². The lowest BCUT2D eigenvalue weighted by molar-refractivity contribution is 0.122. The van der Waals surface area contributed by atoms with Crippen LogP contribution in [0, 0.1) is 11.3 Å². The second kappa shape index (κ2) is 5.79. The lowest BCUT2D eigenvalue weighted by Crippen LogP contribution is -2.37. The van der Waals surface area contributed by atoms with Crippen molar-refractivity contribution in [1.29, 1.82) is 5.26 Å². The summed E-state index contributed by atoms with van der Waals surface area (Å²) in [5.74, 6) is 0.493. The van der Waals surface area contributed by atoms with Gasteiger partial charge in [0.15, 0.2) is 0 Å². The topological polar surface area (TPSA) is 88.4 Å². The van der Waals surface area contributed by atoms with Crippen molar-refractivity contribution in [2.75, 3.05) is 31.2 Å². The highest BCUT2D eigenvalue weighted by Gasteiger charge is 2.21. The average Bonchev–Trinajstić information content (AvgIpc) is 3.02. The van der Waals surface area contributed by atoms with Crippen molar-refractivity contribution in [3.63, 3.8) is 0 Å². The lowest BCUT2D eigenvalue weighted by Gasteiger charge is -2.26. The van der Waals surface area contributed by atoms with Crippen LogP contribution in [0.3, 0.4) is 0 Å². The molecule has 0 spiro atoms. The SMILES string of the molecule is Cn1c2ccccc2n2c3cnc(N4CCOCC4)nc3c(=O)c(C#N)c12. The number of pyridine rings is 1. The molecule has 134 valence electrons. The molecule has 1 fully saturated rings. The highest BCUT2D eigenvalue weighted by molar-refractivity contribution is 5.92. The van der Waals surface area contributed by atoms with Crippen molar-refractivity contribution in [1.82, 2.24) is 18.9 Å². The van der Waals surface area contributed by atoms with E-state index in [9.17, 15) is 10.1 Å². The van der Waals surface area contributed by atoms with E-state index in [1.807, 2.05) is 45.2 Å². The molecule has 8 nitrogen and oxygen atoms in total. The summed E-state index contributed by atoms with van der Waals surface area (Å²) in [6.07, 6.45) is 1.68. The Kier molecular flexibility index (Phi) is 3.39. The van der Waals surface area contributed by atoms with Crippen molar-refractivity contribution in [3.8, 4) is 6.07 Å². The predicted octanol–water partition coefficient (Wildman–Crippen LogP) is 1.44. The summed E-state index contributed by atoms with van der Waals surface area (Å²) in [5, 5.41) is 9.70. The molecule has 1 aliphatic rings. The van der Waals surface area contributed by atoms with Gasteiger partial charge in [0.1, 0.15) is 22.8 Å². The number of hydrogen-bond acceptors (Lipinski definition) is 6. The summed E-state index contributed by atoms with van der Waals surface area (Å²) in [5.41, 5.74) is 2.97. The summed E-state index contributed by atoms with van der Waals surface area (Å²) in [4.78, 5) is 24.1. The number of nitrogens with zero attached hydrogens (tertiary/aromatic N) is 6. The third kappa shape index (κ3) is 2.15. The maximum atomic E-state index is 13.1. The number of aryl methyl sites for hydroxylation is 1. The Morgan fingerprint density at radius 2 is 1.89 bits per heavy atom. The molecule has 0 atom stereocenters. The molecule has 0 amide bonds. The molecule has 0 aliphatic carbocycles. The quantitative estimate of drug-likeness (QED) is 0.510. The van der Waals surface area contributed by atoms with Crippen molar-refractivity contribution in [2.45, 2.75) is 0 Å². The molecule has 8 heteroatoms. The molecule has 1 saturated heterocycles. The van der Waals surface area contributed by atoms with Crippen LogP contribution >= 0.6 is 0 Å². The standard InChI is InChI=1S/C19H16N6O2/c1-23-13-4-2-3-5-14(13)25-15-11-21-19(24-6-8-27-9-7-24)22-16(15)17(26)12(10-20)18(23)25/h2-5,11H,6-9H2,1H3. The van der Waals surface area contributed by atoms with E-state index >= 15 is 0 Å². The van der Waals surface area contributed by atoms with E-state index in [1.54, 1.807) is 6.20 Å². The van der Waals surface area contributed by atoms with E-state index in [0.29, 0.717) is 43.4 Å². The second-order valence-corrected chi connectivity index (χ2v) is 6.53. The summed E-state index contributed by atoms with van der Waals surface area (Å²) in [6, 6.07) is 9.87. The Balaban J connectivity index is 1.92. The zero-order valence-corrected chi connectivity index (χ0v) is 14.7. The molecule has 4 heterocycles. The third-order valence-electron chi connectivity index (χ3n) is 5.08. The van der Waals surface area contributed by atoms with Crippen molar-refractivity contribution in [2.24, 2.45) is 7.05 Å². The highest BCUT2D eigenvalue weighted by Crippen LogP contribution is 2.25. The first kappa shape index (κ1) is 15.8. The smallest absolute Gasteiger partial charge is 0.227 e. The molecular formula is C19H16N6O2. The van der Waals surface area contributed by atoms with Gasteiger partial charge in [0.25, 0.3) is 0 Å². The molecule has 0 saturated carbocycles. The fourth-order valence-corrected chi connectivity index (χ4v) is 3.77. The first-order valence-corrected chi connectivity index (χ1v) is 8.72. The summed E-state index contributed by atoms with van der Waals surface area (Å²) < 4.78 is 9.13. The van der Waals surface area contributed by atoms with Crippen LogP contribution in [-0.2, 0) is 11.8 Å². The largest absolute Gasteiger partial charge is 0.378 e. The van der Waals surface area contributed by atoms with Gasteiger partial charge in [0.05, 0.1) is 36.0 Å². The minimum Gasteiger partial charge on any atom is -0.378 e. The van der Waals surface area contributed by atoms with Crippen LogP contribution in [-0.4, -0.2) is 45.2 Å². The van der Waals surface area contributed by atoms with Crippen LogP contribution in [0.1, 0.15) is 5.56 Å². The maximum absolute atomic E-state index is 13.1. The molecule has 5 rings (SSSR count). The summed E-state index contributed by atoms with van der Waals surface area (Å²) in [6.45, 7) is 2.56. The minimum atomic E-state index is -0.365. The van der Waals surface area contributed by atoms with Gasteiger partial charge < -0.3 is 14.2 Å². The molecule has 1 aliphatic heterocycles. The molecular weight excluding hydrogens is 344 g/mol. The number of morpholine rings is 1. The van der Waals surface area contributed by atoms with Gasteiger partial charge >= 0.3 is 0 Å². The maximum Gasteiger partial charge on any atom is 0.227 e. The van der Waals surface area contributed by atoms with Gasteiger partial charge in [0.2, 0.25) is 11.4 Å². The van der Waals surface area contributed by atoms with E-state index in [4.69, 9.17) is 4.74 Å². The van der Waals surface area contributed by atoms with Crippen molar-refractivity contribution >= 4 is 33.7 Å². The van der Waals surface area contributed by atoms with Gasteiger partial charge in [-0.05, 0) is 12.1 Å². The fraction of sp³-hybridized carbons (Fsp3) is 0.263. The Morgan fingerprint density at radius 1 is 1.15 bits per heavy atom. The third-order valence-corrected chi connectivity index (χ3v) is 5.08. The van der Waals surface area contributed by atoms with Gasteiger partial charge in [-0.15, -0.1) is 0 Å². The number of benzene rings is 1. The highest BCUT2D eigenvalue weighted by atomic mass is 16.5. The fourth-order valence-electron chi connectivity index (χ4n) is 3.77. The first-order valence-electron chi connectivity index (χ1n) is 8.72. The average molecular weight is 360 g/mol. The van der Waals surface area contributed by atoms with Crippen molar-refractivity contribution < 1.29 is 4.74 Å². The molecule has 0 radical (unpaired) electrons. The van der Waals surface area contributed by atoms with Crippen LogP contribution in [0.15, 0.2) is 35.3 Å². The number of rotatable bonds is 1. The van der Waals surface area contributed by atoms with Crippen LogP contribution in [0.25, 0.3) is 27.7 Å². The van der Waals surface area contributed by atoms with Gasteiger partial charge in [-0.3, -0.25) is 9.20 Å². The second-order valence-electron chi connectivity index (χ2n) is 6.53. The number of imidazole rings is 1. The van der Waals surface area contributed by atoms with Crippen LogP contribution in [0.5, 0.6) is 0 Å². The van der Waals surface area contributed by atoms with Crippen LogP contribution in [0.2, 0.25) is 0 Å². The van der Waals surface area contributed by atoms with E-state index in [1.165, 1.54) is 0 Å². The van der Waals surface area contributed by atoms with Crippen molar-refractivity contribution in [3.05, 3.63) is 46.2 Å². The first-order chi connectivity index (χ1) is 13.2. The molecule has 0 N–H and O–H groups in total. The number of hydrogen-bond donors (Lipinski definition) is 0. The Bertz CT molecular complexity index is 1310. The number of aromatic nitrogens is 4. The normalized spacial score (nSPS) is 14.9. The number of anilines is 1. The number of para-hydroxylation sites is 2.